The lowest BCUT2D eigenvalue weighted by atomic mass is 10.2. The fourth-order valence-corrected chi connectivity index (χ4v) is 3.43. The summed E-state index contributed by atoms with van der Waals surface area (Å²) in [6, 6.07) is 3.57. The highest BCUT2D eigenvalue weighted by Crippen LogP contribution is 2.27. The molecule has 1 aromatic carbocycles. The Morgan fingerprint density at radius 2 is 2.28 bits per heavy atom. The van der Waals surface area contributed by atoms with Crippen molar-refractivity contribution in [2.45, 2.75) is 10.7 Å². The zero-order chi connectivity index (χ0) is 13.0. The Morgan fingerprint density at radius 1 is 1.44 bits per heavy atom. The van der Waals surface area contributed by atoms with Crippen LogP contribution < -0.4 is 0 Å². The minimum absolute atomic E-state index is 0.0437. The molecule has 2 rings (SSSR count). The highest BCUT2D eigenvalue weighted by Gasteiger charge is 2.19. The second-order valence-electron chi connectivity index (χ2n) is 3.92. The van der Waals surface area contributed by atoms with Gasteiger partial charge in [-0.1, -0.05) is 6.08 Å². The predicted octanol–water partition coefficient (Wildman–Crippen LogP) is 3.80. The summed E-state index contributed by atoms with van der Waals surface area (Å²) in [7, 11) is 0. The minimum Gasteiger partial charge on any atom is -0.362 e. The van der Waals surface area contributed by atoms with Gasteiger partial charge in [0.05, 0.1) is 6.61 Å². The number of thioether (sulfide) groups is 2. The van der Waals surface area contributed by atoms with Gasteiger partial charge in [-0.2, -0.15) is 11.8 Å². The van der Waals surface area contributed by atoms with Crippen molar-refractivity contribution in [1.82, 2.24) is 0 Å². The van der Waals surface area contributed by atoms with Crippen LogP contribution in [0.4, 0.5) is 8.78 Å². The molecule has 1 fully saturated rings. The average Bonchev–Trinajstić information content (AvgIpc) is 2.38. The molecule has 0 saturated carbocycles. The van der Waals surface area contributed by atoms with Gasteiger partial charge in [0.25, 0.3) is 0 Å². The van der Waals surface area contributed by atoms with Crippen molar-refractivity contribution in [2.24, 2.45) is 0 Å². The minimum atomic E-state index is -0.559. The van der Waals surface area contributed by atoms with Gasteiger partial charge in [-0.15, -0.1) is 11.8 Å². The van der Waals surface area contributed by atoms with E-state index < -0.39 is 11.6 Å². The van der Waals surface area contributed by atoms with Gasteiger partial charge >= 0.3 is 0 Å². The largest absolute Gasteiger partial charge is 0.362 e. The summed E-state index contributed by atoms with van der Waals surface area (Å²) in [5.41, 5.74) is 0.338. The molecule has 0 amide bonds. The number of benzene rings is 1. The first kappa shape index (κ1) is 13.9. The Morgan fingerprint density at radius 3 is 2.89 bits per heavy atom. The summed E-state index contributed by atoms with van der Waals surface area (Å²) in [4.78, 5) is 0. The van der Waals surface area contributed by atoms with Crippen molar-refractivity contribution in [1.29, 1.82) is 0 Å². The summed E-state index contributed by atoms with van der Waals surface area (Å²) in [5, 5.41) is 0.530. The SMILES string of the molecule is CSC1COC(C=Cc2ccc(F)cc2F)SC1. The molecule has 0 spiro atoms. The van der Waals surface area contributed by atoms with Crippen LogP contribution >= 0.6 is 23.5 Å². The number of rotatable bonds is 3. The monoisotopic (exact) mass is 288 g/mol. The molecule has 1 saturated heterocycles. The number of ether oxygens (including phenoxy) is 1. The molecule has 1 aromatic rings. The zero-order valence-corrected chi connectivity index (χ0v) is 11.6. The normalized spacial score (nSPS) is 24.6. The van der Waals surface area contributed by atoms with Gasteiger partial charge in [0.1, 0.15) is 17.1 Å². The standard InChI is InChI=1S/C13H14F2OS2/c1-17-11-7-16-13(18-8-11)5-3-9-2-4-10(14)6-12(9)15/h2-6,11,13H,7-8H2,1H3. The van der Waals surface area contributed by atoms with E-state index in [1.165, 1.54) is 12.1 Å². The molecule has 0 aliphatic carbocycles. The summed E-state index contributed by atoms with van der Waals surface area (Å²) in [6.07, 6.45) is 5.53. The molecule has 1 aliphatic rings. The fraction of sp³-hybridized carbons (Fsp3) is 0.385. The summed E-state index contributed by atoms with van der Waals surface area (Å²) < 4.78 is 31.7. The van der Waals surface area contributed by atoms with Crippen LogP contribution in [-0.4, -0.2) is 29.3 Å². The number of hydrogen-bond acceptors (Lipinski definition) is 3. The molecule has 1 nitrogen and oxygen atoms in total. The summed E-state index contributed by atoms with van der Waals surface area (Å²) in [6.45, 7) is 0.717. The molecule has 2 atom stereocenters. The Balaban J connectivity index is 1.95. The first-order valence-corrected chi connectivity index (χ1v) is 7.92. The van der Waals surface area contributed by atoms with Gasteiger partial charge in [-0.25, -0.2) is 8.78 Å². The van der Waals surface area contributed by atoms with Crippen LogP contribution in [0.25, 0.3) is 6.08 Å². The third-order valence-corrected chi connectivity index (χ3v) is 5.02. The quantitative estimate of drug-likeness (QED) is 0.837. The third kappa shape index (κ3) is 3.73. The van der Waals surface area contributed by atoms with E-state index in [2.05, 4.69) is 6.26 Å². The van der Waals surface area contributed by atoms with Crippen LogP contribution in [-0.2, 0) is 4.74 Å². The molecular weight excluding hydrogens is 274 g/mol. The van der Waals surface area contributed by atoms with Crippen LogP contribution in [0.5, 0.6) is 0 Å². The van der Waals surface area contributed by atoms with Gasteiger partial charge in [0.15, 0.2) is 0 Å². The molecule has 0 aromatic heterocycles. The van der Waals surface area contributed by atoms with E-state index >= 15 is 0 Å². The van der Waals surface area contributed by atoms with Gasteiger partial charge < -0.3 is 4.74 Å². The van der Waals surface area contributed by atoms with Crippen molar-refractivity contribution >= 4 is 29.6 Å². The molecule has 0 N–H and O–H groups in total. The van der Waals surface area contributed by atoms with Crippen LogP contribution in [0, 0.1) is 11.6 Å². The Kier molecular flexibility index (Phi) is 5.09. The van der Waals surface area contributed by atoms with Crippen LogP contribution in [0.3, 0.4) is 0 Å². The van der Waals surface area contributed by atoms with Gasteiger partial charge in [-0.05, 0) is 24.5 Å². The molecule has 18 heavy (non-hydrogen) atoms. The van der Waals surface area contributed by atoms with E-state index in [0.29, 0.717) is 10.8 Å². The lowest BCUT2D eigenvalue weighted by Gasteiger charge is -2.25. The van der Waals surface area contributed by atoms with Crippen LogP contribution in [0.15, 0.2) is 24.3 Å². The van der Waals surface area contributed by atoms with Crippen LogP contribution in [0.1, 0.15) is 5.56 Å². The maximum absolute atomic E-state index is 13.4. The maximum atomic E-state index is 13.4. The highest BCUT2D eigenvalue weighted by atomic mass is 32.2. The lowest BCUT2D eigenvalue weighted by Crippen LogP contribution is -2.25. The van der Waals surface area contributed by atoms with E-state index in [-0.39, 0.29) is 5.44 Å². The molecule has 2 unspecified atom stereocenters. The van der Waals surface area contributed by atoms with Crippen molar-refractivity contribution in [3.63, 3.8) is 0 Å². The van der Waals surface area contributed by atoms with E-state index in [1.54, 1.807) is 29.6 Å². The smallest absolute Gasteiger partial charge is 0.133 e. The first-order valence-electron chi connectivity index (χ1n) is 5.58. The average molecular weight is 288 g/mol. The summed E-state index contributed by atoms with van der Waals surface area (Å²) in [5.74, 6) is -0.0768. The van der Waals surface area contributed by atoms with Gasteiger partial charge in [0.2, 0.25) is 0 Å². The zero-order valence-electron chi connectivity index (χ0n) is 9.94. The van der Waals surface area contributed by atoms with Gasteiger partial charge in [0, 0.05) is 22.6 Å². The topological polar surface area (TPSA) is 9.23 Å². The molecule has 1 aliphatic heterocycles. The number of hydrogen-bond donors (Lipinski definition) is 0. The second kappa shape index (κ2) is 6.59. The molecule has 0 bridgehead atoms. The van der Waals surface area contributed by atoms with E-state index in [1.807, 2.05) is 6.08 Å². The van der Waals surface area contributed by atoms with E-state index in [9.17, 15) is 8.78 Å². The van der Waals surface area contributed by atoms with E-state index in [0.717, 1.165) is 18.4 Å². The molecule has 5 heteroatoms. The van der Waals surface area contributed by atoms with Crippen molar-refractivity contribution in [3.8, 4) is 0 Å². The molecular formula is C13H14F2OS2. The Labute approximate surface area is 114 Å². The van der Waals surface area contributed by atoms with Crippen LogP contribution in [0.2, 0.25) is 0 Å². The Bertz CT molecular complexity index is 429. The highest BCUT2D eigenvalue weighted by molar-refractivity contribution is 8.03. The second-order valence-corrected chi connectivity index (χ2v) is 6.19. The predicted molar refractivity (Wildman–Crippen MR) is 74.9 cm³/mol. The fourth-order valence-electron chi connectivity index (χ4n) is 1.57. The van der Waals surface area contributed by atoms with Gasteiger partial charge in [-0.3, -0.25) is 0 Å². The Hall–Kier alpha value is -0.520. The number of halogens is 2. The van der Waals surface area contributed by atoms with Crippen molar-refractivity contribution in [2.75, 3.05) is 18.6 Å². The third-order valence-electron chi connectivity index (χ3n) is 2.62. The van der Waals surface area contributed by atoms with Crippen molar-refractivity contribution < 1.29 is 13.5 Å². The van der Waals surface area contributed by atoms with Crippen molar-refractivity contribution in [3.05, 3.63) is 41.5 Å². The first-order chi connectivity index (χ1) is 8.69. The van der Waals surface area contributed by atoms with E-state index in [4.69, 9.17) is 4.74 Å². The maximum Gasteiger partial charge on any atom is 0.133 e. The molecule has 0 radical (unpaired) electrons. The molecule has 98 valence electrons. The summed E-state index contributed by atoms with van der Waals surface area (Å²) >= 11 is 3.49. The lowest BCUT2D eigenvalue weighted by molar-refractivity contribution is 0.137. The molecule has 1 heterocycles.